The quantitative estimate of drug-likeness (QED) is 0.580. The molecule has 2 heteroatoms. The molecule has 0 aliphatic rings. The van der Waals surface area contributed by atoms with Crippen LogP contribution in [0.25, 0.3) is 0 Å². The molecular formula is C12H12N2. The first-order chi connectivity index (χ1) is 6.53. The fourth-order valence-electron chi connectivity index (χ4n) is 0.842. The van der Waals surface area contributed by atoms with Gasteiger partial charge in [0.15, 0.2) is 0 Å². The van der Waals surface area contributed by atoms with Crippen molar-refractivity contribution in [3.05, 3.63) is 29.6 Å². The van der Waals surface area contributed by atoms with Crippen LogP contribution in [0.3, 0.4) is 0 Å². The summed E-state index contributed by atoms with van der Waals surface area (Å²) in [6.07, 6.45) is 1.65. The minimum Gasteiger partial charge on any atom is -0.246 e. The van der Waals surface area contributed by atoms with Crippen LogP contribution in [0.4, 0.5) is 0 Å². The van der Waals surface area contributed by atoms with E-state index in [-0.39, 0.29) is 5.41 Å². The summed E-state index contributed by atoms with van der Waals surface area (Å²) in [5.74, 6) is 5.97. The molecule has 1 rings (SSSR count). The third kappa shape index (κ3) is 2.92. The van der Waals surface area contributed by atoms with Crippen LogP contribution in [-0.2, 0) is 0 Å². The highest BCUT2D eigenvalue weighted by molar-refractivity contribution is 5.43. The molecule has 0 aliphatic carbocycles. The van der Waals surface area contributed by atoms with Gasteiger partial charge in [0.1, 0.15) is 11.8 Å². The van der Waals surface area contributed by atoms with Gasteiger partial charge in [-0.3, -0.25) is 0 Å². The van der Waals surface area contributed by atoms with Gasteiger partial charge < -0.3 is 0 Å². The van der Waals surface area contributed by atoms with Gasteiger partial charge in [0, 0.05) is 11.6 Å². The molecule has 14 heavy (non-hydrogen) atoms. The Morgan fingerprint density at radius 1 is 1.36 bits per heavy atom. The van der Waals surface area contributed by atoms with Crippen molar-refractivity contribution in [1.29, 1.82) is 5.26 Å². The number of pyridine rings is 1. The second-order valence-electron chi connectivity index (χ2n) is 4.01. The lowest BCUT2D eigenvalue weighted by atomic mass is 9.97. The van der Waals surface area contributed by atoms with Gasteiger partial charge in [-0.2, -0.15) is 5.26 Å². The Hall–Kier alpha value is -1.80. The minimum atomic E-state index is -0.0652. The molecule has 0 radical (unpaired) electrons. The molecule has 1 heterocycles. The topological polar surface area (TPSA) is 36.7 Å². The summed E-state index contributed by atoms with van der Waals surface area (Å²) in [5, 5.41) is 8.79. The summed E-state index contributed by atoms with van der Waals surface area (Å²) in [6.45, 7) is 6.07. The highest BCUT2D eigenvalue weighted by Gasteiger charge is 2.04. The molecule has 0 atom stereocenters. The Morgan fingerprint density at radius 3 is 2.64 bits per heavy atom. The molecule has 0 bridgehead atoms. The Bertz CT molecular complexity index is 422. The number of rotatable bonds is 0. The SMILES string of the molecule is CC(C)(C)C#Cc1ncccc1C#N. The molecule has 0 amide bonds. The monoisotopic (exact) mass is 184 g/mol. The highest BCUT2D eigenvalue weighted by atomic mass is 14.7. The maximum atomic E-state index is 8.79. The van der Waals surface area contributed by atoms with Gasteiger partial charge in [0.2, 0.25) is 0 Å². The molecule has 0 saturated carbocycles. The third-order valence-electron chi connectivity index (χ3n) is 1.48. The minimum absolute atomic E-state index is 0.0652. The Labute approximate surface area is 84.6 Å². The van der Waals surface area contributed by atoms with Crippen LogP contribution >= 0.6 is 0 Å². The first kappa shape index (κ1) is 10.3. The molecule has 1 aromatic rings. The highest BCUT2D eigenvalue weighted by Crippen LogP contribution is 2.11. The van der Waals surface area contributed by atoms with Crippen LogP contribution in [0.15, 0.2) is 18.3 Å². The van der Waals surface area contributed by atoms with Crippen molar-refractivity contribution >= 4 is 0 Å². The molecule has 0 unspecified atom stereocenters. The Kier molecular flexibility index (Phi) is 2.89. The summed E-state index contributed by atoms with van der Waals surface area (Å²) in [4.78, 5) is 4.06. The third-order valence-corrected chi connectivity index (χ3v) is 1.48. The van der Waals surface area contributed by atoms with Gasteiger partial charge in [-0.1, -0.05) is 5.92 Å². The lowest BCUT2D eigenvalue weighted by Gasteiger charge is -2.06. The van der Waals surface area contributed by atoms with Gasteiger partial charge in [-0.15, -0.1) is 0 Å². The van der Waals surface area contributed by atoms with Crippen LogP contribution in [-0.4, -0.2) is 4.98 Å². The molecular weight excluding hydrogens is 172 g/mol. The summed E-state index contributed by atoms with van der Waals surface area (Å²) in [5.41, 5.74) is 1.03. The zero-order chi connectivity index (χ0) is 10.6. The van der Waals surface area contributed by atoms with Crippen LogP contribution in [0.2, 0.25) is 0 Å². The fraction of sp³-hybridized carbons (Fsp3) is 0.333. The van der Waals surface area contributed by atoms with Gasteiger partial charge in [0.25, 0.3) is 0 Å². The first-order valence-corrected chi connectivity index (χ1v) is 4.41. The Balaban J connectivity index is 3.08. The van der Waals surface area contributed by atoms with E-state index >= 15 is 0 Å². The lowest BCUT2D eigenvalue weighted by molar-refractivity contribution is 0.571. The summed E-state index contributed by atoms with van der Waals surface area (Å²) < 4.78 is 0. The molecule has 0 aliphatic heterocycles. The second kappa shape index (κ2) is 3.94. The van der Waals surface area contributed by atoms with Crippen LogP contribution in [0, 0.1) is 28.6 Å². The number of hydrogen-bond acceptors (Lipinski definition) is 2. The second-order valence-corrected chi connectivity index (χ2v) is 4.01. The smallest absolute Gasteiger partial charge is 0.130 e. The normalized spacial score (nSPS) is 9.86. The molecule has 0 saturated heterocycles. The Morgan fingerprint density at radius 2 is 2.07 bits per heavy atom. The zero-order valence-electron chi connectivity index (χ0n) is 8.63. The van der Waals surface area contributed by atoms with Crippen molar-refractivity contribution < 1.29 is 0 Å². The predicted octanol–water partition coefficient (Wildman–Crippen LogP) is 2.35. The van der Waals surface area contributed by atoms with Crippen molar-refractivity contribution in [2.45, 2.75) is 20.8 Å². The molecule has 2 nitrogen and oxygen atoms in total. The summed E-state index contributed by atoms with van der Waals surface area (Å²) in [7, 11) is 0. The summed E-state index contributed by atoms with van der Waals surface area (Å²) >= 11 is 0. The maximum absolute atomic E-state index is 8.79. The van der Waals surface area contributed by atoms with Gasteiger partial charge >= 0.3 is 0 Å². The average Bonchev–Trinajstić information content (AvgIpc) is 2.14. The van der Waals surface area contributed by atoms with E-state index in [1.165, 1.54) is 0 Å². The van der Waals surface area contributed by atoms with E-state index in [9.17, 15) is 0 Å². The van der Waals surface area contributed by atoms with E-state index in [0.717, 1.165) is 0 Å². The van der Waals surface area contributed by atoms with Crippen molar-refractivity contribution in [2.24, 2.45) is 5.41 Å². The number of aromatic nitrogens is 1. The lowest BCUT2D eigenvalue weighted by Crippen LogP contribution is -2.00. The zero-order valence-corrected chi connectivity index (χ0v) is 8.63. The predicted molar refractivity (Wildman–Crippen MR) is 55.3 cm³/mol. The van der Waals surface area contributed by atoms with Crippen LogP contribution in [0.1, 0.15) is 32.0 Å². The fourth-order valence-corrected chi connectivity index (χ4v) is 0.842. The largest absolute Gasteiger partial charge is 0.246 e. The van der Waals surface area contributed by atoms with E-state index in [0.29, 0.717) is 11.3 Å². The summed E-state index contributed by atoms with van der Waals surface area (Å²) in [6, 6.07) is 5.53. The van der Waals surface area contributed by atoms with E-state index in [1.807, 2.05) is 20.8 Å². The number of nitrogens with zero attached hydrogens (tertiary/aromatic N) is 2. The van der Waals surface area contributed by atoms with E-state index in [2.05, 4.69) is 22.9 Å². The van der Waals surface area contributed by atoms with Crippen molar-refractivity contribution in [3.63, 3.8) is 0 Å². The average molecular weight is 184 g/mol. The van der Waals surface area contributed by atoms with E-state index in [4.69, 9.17) is 5.26 Å². The van der Waals surface area contributed by atoms with Crippen LogP contribution in [0.5, 0.6) is 0 Å². The first-order valence-electron chi connectivity index (χ1n) is 4.41. The standard InChI is InChI=1S/C12H12N2/c1-12(2,3)7-6-11-10(9-13)5-4-8-14-11/h4-5,8H,1-3H3. The maximum Gasteiger partial charge on any atom is 0.130 e. The van der Waals surface area contributed by atoms with Crippen molar-refractivity contribution in [2.75, 3.05) is 0 Å². The van der Waals surface area contributed by atoms with Crippen molar-refractivity contribution in [1.82, 2.24) is 4.98 Å². The number of nitriles is 1. The van der Waals surface area contributed by atoms with Crippen LogP contribution < -0.4 is 0 Å². The molecule has 0 aromatic carbocycles. The van der Waals surface area contributed by atoms with E-state index < -0.39 is 0 Å². The van der Waals surface area contributed by atoms with Gasteiger partial charge in [-0.25, -0.2) is 4.98 Å². The molecule has 0 fully saturated rings. The van der Waals surface area contributed by atoms with Crippen molar-refractivity contribution in [3.8, 4) is 17.9 Å². The molecule has 1 aromatic heterocycles. The molecule has 0 N–H and O–H groups in total. The van der Waals surface area contributed by atoms with E-state index in [1.54, 1.807) is 18.3 Å². The molecule has 70 valence electrons. The molecule has 0 spiro atoms. The number of hydrogen-bond donors (Lipinski definition) is 0. The van der Waals surface area contributed by atoms with Gasteiger partial charge in [-0.05, 0) is 38.8 Å². The van der Waals surface area contributed by atoms with Gasteiger partial charge in [0.05, 0.1) is 5.56 Å².